The fraction of sp³-hybridized carbons (Fsp3) is 0. The van der Waals surface area contributed by atoms with E-state index in [-0.39, 0.29) is 0 Å². The predicted octanol–water partition coefficient (Wildman–Crippen LogP) is 13.0. The minimum atomic E-state index is 0.817. The monoisotopic (exact) mass is 642 g/mol. The third-order valence-electron chi connectivity index (χ3n) is 8.77. The van der Waals surface area contributed by atoms with Crippen molar-refractivity contribution in [2.75, 3.05) is 11.1 Å². The zero-order chi connectivity index (χ0) is 34.0. The summed E-state index contributed by atoms with van der Waals surface area (Å²) >= 11 is 0. The molecular formula is C48H38N2. The number of anilines is 3. The van der Waals surface area contributed by atoms with Gasteiger partial charge in [0.1, 0.15) is 0 Å². The quantitative estimate of drug-likeness (QED) is 0.170. The molecule has 2 heteroatoms. The first kappa shape index (κ1) is 31.9. The molecule has 0 fully saturated rings. The van der Waals surface area contributed by atoms with E-state index in [1.165, 1.54) is 33.4 Å². The zero-order valence-electron chi connectivity index (χ0n) is 27.8. The highest BCUT2D eigenvalue weighted by atomic mass is 14.9. The number of nitrogen functional groups attached to an aromatic ring is 1. The third kappa shape index (κ3) is 7.57. The Balaban J connectivity index is 0.000000157. The Labute approximate surface area is 295 Å². The molecule has 0 aliphatic carbocycles. The maximum atomic E-state index is 6.59. The number of nitrogens with one attached hydrogen (secondary N) is 1. The van der Waals surface area contributed by atoms with E-state index in [4.69, 9.17) is 5.73 Å². The Kier molecular flexibility index (Phi) is 9.90. The van der Waals surface area contributed by atoms with Gasteiger partial charge in [-0.2, -0.15) is 0 Å². The van der Waals surface area contributed by atoms with Gasteiger partial charge in [0.2, 0.25) is 0 Å². The molecule has 0 aliphatic rings. The Morgan fingerprint density at radius 1 is 0.240 bits per heavy atom. The molecule has 0 spiro atoms. The van der Waals surface area contributed by atoms with E-state index in [1.54, 1.807) is 0 Å². The van der Waals surface area contributed by atoms with Gasteiger partial charge in [0.05, 0.1) is 0 Å². The standard InChI is InChI=1S/2C24H19N/c25-24-21(19-12-5-2-6-13-19)16-9-17-23(24)22-15-8-7-14-20(22)18-10-3-1-4-11-18;1-3-7-19(8-4-1)20-11-13-21(14-12-20)22-15-17-24(18-16-22)25-23-9-5-2-6-10-23/h1-17H,25H2;1-18,25H. The van der Waals surface area contributed by atoms with E-state index < -0.39 is 0 Å². The van der Waals surface area contributed by atoms with Crippen molar-refractivity contribution in [3.05, 3.63) is 212 Å². The average molecular weight is 643 g/mol. The molecule has 8 aromatic carbocycles. The molecule has 0 radical (unpaired) electrons. The molecule has 8 aromatic rings. The summed E-state index contributed by atoms with van der Waals surface area (Å²) < 4.78 is 0. The number of para-hydroxylation sites is 2. The van der Waals surface area contributed by atoms with E-state index in [0.29, 0.717) is 0 Å². The molecule has 0 atom stereocenters. The van der Waals surface area contributed by atoms with Crippen molar-refractivity contribution in [2.24, 2.45) is 0 Å². The molecule has 50 heavy (non-hydrogen) atoms. The highest BCUT2D eigenvalue weighted by Crippen LogP contribution is 2.39. The lowest BCUT2D eigenvalue weighted by Crippen LogP contribution is -1.95. The van der Waals surface area contributed by atoms with Gasteiger partial charge in [-0.05, 0) is 68.8 Å². The first-order valence-electron chi connectivity index (χ1n) is 16.9. The average Bonchev–Trinajstić information content (AvgIpc) is 3.20. The van der Waals surface area contributed by atoms with Crippen LogP contribution in [0.15, 0.2) is 212 Å². The number of hydrogen-bond donors (Lipinski definition) is 2. The maximum absolute atomic E-state index is 6.59. The molecular weight excluding hydrogens is 605 g/mol. The van der Waals surface area contributed by atoms with E-state index in [1.807, 2.05) is 48.5 Å². The summed E-state index contributed by atoms with van der Waals surface area (Å²) in [7, 11) is 0. The van der Waals surface area contributed by atoms with Gasteiger partial charge in [0, 0.05) is 28.2 Å². The van der Waals surface area contributed by atoms with Crippen LogP contribution in [0.5, 0.6) is 0 Å². The van der Waals surface area contributed by atoms with Crippen molar-refractivity contribution < 1.29 is 0 Å². The van der Waals surface area contributed by atoms with Crippen LogP contribution < -0.4 is 11.1 Å². The van der Waals surface area contributed by atoms with E-state index >= 15 is 0 Å². The van der Waals surface area contributed by atoms with Gasteiger partial charge in [-0.25, -0.2) is 0 Å². The lowest BCUT2D eigenvalue weighted by atomic mass is 9.91. The Morgan fingerprint density at radius 2 is 0.580 bits per heavy atom. The van der Waals surface area contributed by atoms with Crippen LogP contribution >= 0.6 is 0 Å². The lowest BCUT2D eigenvalue weighted by Gasteiger charge is -2.15. The summed E-state index contributed by atoms with van der Waals surface area (Å²) in [5.41, 5.74) is 21.4. The highest BCUT2D eigenvalue weighted by Gasteiger charge is 2.12. The van der Waals surface area contributed by atoms with Crippen molar-refractivity contribution in [3.63, 3.8) is 0 Å². The summed E-state index contributed by atoms with van der Waals surface area (Å²) in [5.74, 6) is 0. The van der Waals surface area contributed by atoms with Crippen LogP contribution in [0.3, 0.4) is 0 Å². The summed E-state index contributed by atoms with van der Waals surface area (Å²) in [4.78, 5) is 0. The smallest absolute Gasteiger partial charge is 0.0473 e. The summed E-state index contributed by atoms with van der Waals surface area (Å²) in [6.07, 6.45) is 0. The summed E-state index contributed by atoms with van der Waals surface area (Å²) in [5, 5.41) is 3.41. The molecule has 240 valence electrons. The van der Waals surface area contributed by atoms with Crippen molar-refractivity contribution in [2.45, 2.75) is 0 Å². The van der Waals surface area contributed by atoms with Gasteiger partial charge in [0.15, 0.2) is 0 Å². The van der Waals surface area contributed by atoms with Crippen LogP contribution in [-0.2, 0) is 0 Å². The largest absolute Gasteiger partial charge is 0.398 e. The Hall–Kier alpha value is -6.64. The minimum Gasteiger partial charge on any atom is -0.398 e. The normalized spacial score (nSPS) is 10.5. The van der Waals surface area contributed by atoms with Crippen LogP contribution in [0.4, 0.5) is 17.1 Å². The van der Waals surface area contributed by atoms with Gasteiger partial charge in [-0.3, -0.25) is 0 Å². The van der Waals surface area contributed by atoms with Gasteiger partial charge in [0.25, 0.3) is 0 Å². The molecule has 3 N–H and O–H groups in total. The first-order valence-corrected chi connectivity index (χ1v) is 16.9. The number of rotatable bonds is 7. The summed E-state index contributed by atoms with van der Waals surface area (Å²) in [6, 6.07) is 73.4. The second kappa shape index (κ2) is 15.5. The molecule has 0 aliphatic heterocycles. The summed E-state index contributed by atoms with van der Waals surface area (Å²) in [6.45, 7) is 0. The molecule has 2 nitrogen and oxygen atoms in total. The number of nitrogens with two attached hydrogens (primary N) is 1. The Bertz CT molecular complexity index is 2250. The fourth-order valence-corrected chi connectivity index (χ4v) is 6.18. The van der Waals surface area contributed by atoms with E-state index in [9.17, 15) is 0 Å². The van der Waals surface area contributed by atoms with E-state index in [0.717, 1.165) is 39.3 Å². The minimum absolute atomic E-state index is 0.817. The third-order valence-corrected chi connectivity index (χ3v) is 8.77. The van der Waals surface area contributed by atoms with Crippen LogP contribution in [0.2, 0.25) is 0 Å². The molecule has 0 heterocycles. The van der Waals surface area contributed by atoms with Gasteiger partial charge in [-0.15, -0.1) is 0 Å². The highest BCUT2D eigenvalue weighted by molar-refractivity contribution is 5.94. The van der Waals surface area contributed by atoms with Crippen LogP contribution in [0, 0.1) is 0 Å². The van der Waals surface area contributed by atoms with Crippen molar-refractivity contribution in [1.29, 1.82) is 0 Å². The fourth-order valence-electron chi connectivity index (χ4n) is 6.18. The number of hydrogen-bond acceptors (Lipinski definition) is 2. The van der Waals surface area contributed by atoms with E-state index in [2.05, 4.69) is 169 Å². The molecule has 0 amide bonds. The lowest BCUT2D eigenvalue weighted by molar-refractivity contribution is 1.54. The van der Waals surface area contributed by atoms with Gasteiger partial charge < -0.3 is 11.1 Å². The Morgan fingerprint density at radius 3 is 1.12 bits per heavy atom. The molecule has 0 unspecified atom stereocenters. The molecule has 0 aromatic heterocycles. The van der Waals surface area contributed by atoms with Crippen LogP contribution in [-0.4, -0.2) is 0 Å². The second-order valence-electron chi connectivity index (χ2n) is 12.1. The van der Waals surface area contributed by atoms with Crippen molar-refractivity contribution >= 4 is 17.1 Å². The predicted molar refractivity (Wildman–Crippen MR) is 214 cm³/mol. The van der Waals surface area contributed by atoms with Crippen molar-refractivity contribution in [1.82, 2.24) is 0 Å². The topological polar surface area (TPSA) is 38.0 Å². The molecule has 0 saturated heterocycles. The molecule has 8 rings (SSSR count). The maximum Gasteiger partial charge on any atom is 0.0473 e. The SMILES string of the molecule is Nc1c(-c2ccccc2)cccc1-c1ccccc1-c1ccccc1.c1ccc(Nc2ccc(-c3ccc(-c4ccccc4)cc3)cc2)cc1. The number of benzene rings is 8. The van der Waals surface area contributed by atoms with Crippen LogP contribution in [0.1, 0.15) is 0 Å². The molecule has 0 bridgehead atoms. The van der Waals surface area contributed by atoms with Crippen molar-refractivity contribution in [3.8, 4) is 55.6 Å². The first-order chi connectivity index (χ1) is 24.7. The van der Waals surface area contributed by atoms with Crippen LogP contribution in [0.25, 0.3) is 55.6 Å². The molecule has 0 saturated carbocycles. The van der Waals surface area contributed by atoms with Gasteiger partial charge >= 0.3 is 0 Å². The zero-order valence-corrected chi connectivity index (χ0v) is 27.8. The second-order valence-corrected chi connectivity index (χ2v) is 12.1. The van der Waals surface area contributed by atoms with Gasteiger partial charge in [-0.1, -0.05) is 188 Å².